The predicted molar refractivity (Wildman–Crippen MR) is 80.1 cm³/mol. The highest BCUT2D eigenvalue weighted by Gasteiger charge is 2.09. The Hall–Kier alpha value is -2.21. The molecule has 1 heterocycles. The lowest BCUT2D eigenvalue weighted by molar-refractivity contribution is -0.122. The number of rotatable bonds is 6. The predicted octanol–water partition coefficient (Wildman–Crippen LogP) is 0.938. The third-order valence-corrected chi connectivity index (χ3v) is 3.14. The van der Waals surface area contributed by atoms with E-state index < -0.39 is 0 Å². The number of carbonyl (C=O) groups is 1. The van der Waals surface area contributed by atoms with E-state index in [4.69, 9.17) is 4.74 Å². The summed E-state index contributed by atoms with van der Waals surface area (Å²) in [5.74, 6) is -0.0656. The molecule has 6 heteroatoms. The van der Waals surface area contributed by atoms with Gasteiger partial charge in [0.05, 0.1) is 24.9 Å². The molecule has 1 aromatic heterocycles. The Kier molecular flexibility index (Phi) is 5.05. The highest BCUT2D eigenvalue weighted by molar-refractivity contribution is 5.79. The van der Waals surface area contributed by atoms with Crippen molar-refractivity contribution in [1.29, 1.82) is 0 Å². The van der Waals surface area contributed by atoms with Crippen LogP contribution >= 0.6 is 0 Å². The smallest absolute Gasteiger partial charge is 0.222 e. The monoisotopic (exact) mass is 289 g/mol. The number of amides is 1. The van der Waals surface area contributed by atoms with E-state index in [9.17, 15) is 9.59 Å². The standard InChI is InChI=1S/C15H19N3O3/c1-11(10-21-2)17-15(20)7-8-18-13-6-4-3-5-12(13)14(19)9-16-18/h3-6,9,11H,7-8,10H2,1-2H3,(H,17,20)/t11-/m0/s1. The van der Waals surface area contributed by atoms with Crippen LogP contribution in [0.2, 0.25) is 0 Å². The van der Waals surface area contributed by atoms with Gasteiger partial charge in [0.25, 0.3) is 0 Å². The normalized spacial score (nSPS) is 12.3. The minimum absolute atomic E-state index is 0.0266. The van der Waals surface area contributed by atoms with Crippen molar-refractivity contribution in [3.8, 4) is 0 Å². The van der Waals surface area contributed by atoms with Gasteiger partial charge in [0.1, 0.15) is 0 Å². The lowest BCUT2D eigenvalue weighted by atomic mass is 10.2. The van der Waals surface area contributed by atoms with E-state index in [2.05, 4.69) is 10.4 Å². The Morgan fingerprint density at radius 1 is 1.43 bits per heavy atom. The van der Waals surface area contributed by atoms with Gasteiger partial charge in [0, 0.05) is 25.0 Å². The number of fused-ring (bicyclic) bond motifs is 1. The number of carbonyl (C=O) groups excluding carboxylic acids is 1. The molecule has 0 aliphatic heterocycles. The Labute approximate surface area is 122 Å². The summed E-state index contributed by atoms with van der Waals surface area (Å²) in [4.78, 5) is 23.6. The van der Waals surface area contributed by atoms with Crippen LogP contribution in [0.25, 0.3) is 10.9 Å². The van der Waals surface area contributed by atoms with Gasteiger partial charge >= 0.3 is 0 Å². The van der Waals surface area contributed by atoms with Crippen molar-refractivity contribution in [3.05, 3.63) is 40.7 Å². The first-order valence-corrected chi connectivity index (χ1v) is 6.85. The molecule has 0 aliphatic carbocycles. The number of para-hydroxylation sites is 1. The molecule has 0 bridgehead atoms. The van der Waals surface area contributed by atoms with Crippen LogP contribution in [0.5, 0.6) is 0 Å². The maximum Gasteiger partial charge on any atom is 0.222 e. The molecule has 2 aromatic rings. The van der Waals surface area contributed by atoms with E-state index in [1.165, 1.54) is 6.20 Å². The van der Waals surface area contributed by atoms with Gasteiger partial charge in [-0.25, -0.2) is 0 Å². The molecule has 6 nitrogen and oxygen atoms in total. The molecule has 0 radical (unpaired) electrons. The van der Waals surface area contributed by atoms with Gasteiger partial charge in [0.15, 0.2) is 0 Å². The topological polar surface area (TPSA) is 73.2 Å². The third-order valence-electron chi connectivity index (χ3n) is 3.14. The van der Waals surface area contributed by atoms with Crippen LogP contribution in [0.4, 0.5) is 0 Å². The molecule has 0 saturated carbocycles. The lowest BCUT2D eigenvalue weighted by Crippen LogP contribution is -2.36. The molecule has 0 saturated heterocycles. The minimum atomic E-state index is -0.111. The summed E-state index contributed by atoms with van der Waals surface area (Å²) in [7, 11) is 1.60. The minimum Gasteiger partial charge on any atom is -0.383 e. The molecule has 21 heavy (non-hydrogen) atoms. The SMILES string of the molecule is COC[C@H](C)NC(=O)CCn1ncc(=O)c2ccccc21. The van der Waals surface area contributed by atoms with E-state index in [-0.39, 0.29) is 17.4 Å². The van der Waals surface area contributed by atoms with E-state index in [1.807, 2.05) is 25.1 Å². The molecule has 2 rings (SSSR count). The van der Waals surface area contributed by atoms with Gasteiger partial charge in [-0.05, 0) is 19.1 Å². The van der Waals surface area contributed by atoms with E-state index in [0.717, 1.165) is 5.52 Å². The van der Waals surface area contributed by atoms with Gasteiger partial charge < -0.3 is 10.1 Å². The van der Waals surface area contributed by atoms with Gasteiger partial charge in [-0.15, -0.1) is 0 Å². The van der Waals surface area contributed by atoms with Crippen molar-refractivity contribution in [2.24, 2.45) is 0 Å². The fraction of sp³-hybridized carbons (Fsp3) is 0.400. The second-order valence-corrected chi connectivity index (χ2v) is 4.92. The van der Waals surface area contributed by atoms with Crippen LogP contribution < -0.4 is 10.7 Å². The molecule has 1 N–H and O–H groups in total. The fourth-order valence-electron chi connectivity index (χ4n) is 2.19. The van der Waals surface area contributed by atoms with E-state index in [1.54, 1.807) is 17.9 Å². The second kappa shape index (κ2) is 6.99. The average Bonchev–Trinajstić information content (AvgIpc) is 2.47. The number of hydrogen-bond acceptors (Lipinski definition) is 4. The van der Waals surface area contributed by atoms with E-state index >= 15 is 0 Å². The van der Waals surface area contributed by atoms with Gasteiger partial charge in [-0.1, -0.05) is 12.1 Å². The van der Waals surface area contributed by atoms with Crippen molar-refractivity contribution in [2.75, 3.05) is 13.7 Å². The van der Waals surface area contributed by atoms with Crippen LogP contribution in [-0.4, -0.2) is 35.4 Å². The summed E-state index contributed by atoms with van der Waals surface area (Å²) >= 11 is 0. The van der Waals surface area contributed by atoms with Crippen LogP contribution in [0.3, 0.4) is 0 Å². The number of aryl methyl sites for hydroxylation is 1. The molecule has 1 amide bonds. The van der Waals surface area contributed by atoms with Gasteiger partial charge in [-0.3, -0.25) is 14.3 Å². The number of benzene rings is 1. The quantitative estimate of drug-likeness (QED) is 0.859. The molecular weight excluding hydrogens is 270 g/mol. The third kappa shape index (κ3) is 3.88. The van der Waals surface area contributed by atoms with Crippen LogP contribution in [0.15, 0.2) is 35.3 Å². The largest absolute Gasteiger partial charge is 0.383 e. The van der Waals surface area contributed by atoms with Crippen molar-refractivity contribution >= 4 is 16.8 Å². The zero-order chi connectivity index (χ0) is 15.2. The van der Waals surface area contributed by atoms with Crippen molar-refractivity contribution in [3.63, 3.8) is 0 Å². The number of nitrogens with one attached hydrogen (secondary N) is 1. The average molecular weight is 289 g/mol. The lowest BCUT2D eigenvalue weighted by Gasteiger charge is -2.13. The zero-order valence-corrected chi connectivity index (χ0v) is 12.2. The number of methoxy groups -OCH3 is 1. The Balaban J connectivity index is 2.06. The van der Waals surface area contributed by atoms with E-state index in [0.29, 0.717) is 25.0 Å². The van der Waals surface area contributed by atoms with Crippen molar-refractivity contribution in [2.45, 2.75) is 25.9 Å². The second-order valence-electron chi connectivity index (χ2n) is 4.92. The molecule has 1 atom stereocenters. The molecular formula is C15H19N3O3. The molecule has 0 aliphatic rings. The Bertz CT molecular complexity index is 681. The molecule has 0 unspecified atom stereocenters. The summed E-state index contributed by atoms with van der Waals surface area (Å²) < 4.78 is 6.65. The Morgan fingerprint density at radius 3 is 2.95 bits per heavy atom. The molecule has 0 spiro atoms. The van der Waals surface area contributed by atoms with Gasteiger partial charge in [0.2, 0.25) is 11.3 Å². The summed E-state index contributed by atoms with van der Waals surface area (Å²) in [6.07, 6.45) is 1.59. The fourth-order valence-corrected chi connectivity index (χ4v) is 2.19. The van der Waals surface area contributed by atoms with Crippen LogP contribution in [0.1, 0.15) is 13.3 Å². The highest BCUT2D eigenvalue weighted by atomic mass is 16.5. The van der Waals surface area contributed by atoms with Crippen LogP contribution in [0, 0.1) is 0 Å². The van der Waals surface area contributed by atoms with Crippen LogP contribution in [-0.2, 0) is 16.1 Å². The first-order valence-electron chi connectivity index (χ1n) is 6.85. The van der Waals surface area contributed by atoms with Gasteiger partial charge in [-0.2, -0.15) is 5.10 Å². The first kappa shape index (κ1) is 15.2. The van der Waals surface area contributed by atoms with Crippen molar-refractivity contribution < 1.29 is 9.53 Å². The summed E-state index contributed by atoms with van der Waals surface area (Å²) in [6, 6.07) is 7.22. The highest BCUT2D eigenvalue weighted by Crippen LogP contribution is 2.08. The maximum atomic E-state index is 11.8. The summed E-state index contributed by atoms with van der Waals surface area (Å²) in [6.45, 7) is 2.78. The summed E-state index contributed by atoms with van der Waals surface area (Å²) in [5.41, 5.74) is 0.628. The first-order chi connectivity index (χ1) is 10.1. The molecule has 0 fully saturated rings. The number of aromatic nitrogens is 2. The maximum absolute atomic E-state index is 11.8. The number of ether oxygens (including phenoxy) is 1. The van der Waals surface area contributed by atoms with Crippen molar-refractivity contribution in [1.82, 2.24) is 15.1 Å². The Morgan fingerprint density at radius 2 is 2.19 bits per heavy atom. The number of hydrogen-bond donors (Lipinski definition) is 1. The zero-order valence-electron chi connectivity index (χ0n) is 12.2. The molecule has 1 aromatic carbocycles. The summed E-state index contributed by atoms with van der Waals surface area (Å²) in [5, 5.41) is 7.55. The molecule has 112 valence electrons. The number of nitrogens with zero attached hydrogens (tertiary/aromatic N) is 2.